The van der Waals surface area contributed by atoms with E-state index in [0.29, 0.717) is 0 Å². The maximum atomic E-state index is 12.5. The molecule has 3 nitrogen and oxygen atoms in total. The van der Waals surface area contributed by atoms with Crippen LogP contribution in [0.4, 0.5) is 0 Å². The van der Waals surface area contributed by atoms with Gasteiger partial charge in [-0.2, -0.15) is 0 Å². The number of carbonyl (C=O) groups excluding carboxylic acids is 1. The van der Waals surface area contributed by atoms with Gasteiger partial charge in [-0.25, -0.2) is 0 Å². The molecule has 1 amide bonds. The third-order valence-corrected chi connectivity index (χ3v) is 4.52. The van der Waals surface area contributed by atoms with Crippen LogP contribution in [0.5, 0.6) is 5.75 Å². The number of carbonyl (C=O) groups is 1. The van der Waals surface area contributed by atoms with Crippen LogP contribution in [-0.2, 0) is 11.2 Å². The second kappa shape index (κ2) is 8.52. The number of fused-ring (bicyclic) bond motifs is 1. The fraction of sp³-hybridized carbons (Fsp3) is 0.261. The molecule has 0 aliphatic carbocycles. The van der Waals surface area contributed by atoms with E-state index in [9.17, 15) is 4.79 Å². The van der Waals surface area contributed by atoms with Gasteiger partial charge in [0.2, 0.25) is 0 Å². The van der Waals surface area contributed by atoms with Gasteiger partial charge >= 0.3 is 0 Å². The Labute approximate surface area is 155 Å². The zero-order chi connectivity index (χ0) is 18.4. The molecular formula is C23H25NO2. The molecule has 0 spiro atoms. The summed E-state index contributed by atoms with van der Waals surface area (Å²) in [5.74, 6) is 0.654. The summed E-state index contributed by atoms with van der Waals surface area (Å²) in [6, 6.07) is 24.3. The van der Waals surface area contributed by atoms with E-state index in [-0.39, 0.29) is 11.9 Å². The maximum Gasteiger partial charge on any atom is 0.260 e. The molecule has 0 fully saturated rings. The molecule has 0 aliphatic rings. The van der Waals surface area contributed by atoms with E-state index in [0.717, 1.165) is 29.4 Å². The van der Waals surface area contributed by atoms with Crippen LogP contribution in [-0.4, -0.2) is 18.1 Å². The summed E-state index contributed by atoms with van der Waals surface area (Å²) < 4.78 is 5.94. The molecule has 3 rings (SSSR count). The van der Waals surface area contributed by atoms with Crippen molar-refractivity contribution in [3.8, 4) is 5.75 Å². The highest BCUT2D eigenvalue weighted by atomic mass is 16.5. The van der Waals surface area contributed by atoms with Crippen LogP contribution in [0, 0.1) is 0 Å². The van der Waals surface area contributed by atoms with E-state index in [2.05, 4.69) is 17.4 Å². The van der Waals surface area contributed by atoms with Crippen molar-refractivity contribution in [2.24, 2.45) is 0 Å². The number of ether oxygens (including phenoxy) is 1. The van der Waals surface area contributed by atoms with Crippen molar-refractivity contribution in [1.82, 2.24) is 5.32 Å². The van der Waals surface area contributed by atoms with Crippen molar-refractivity contribution in [3.63, 3.8) is 0 Å². The molecule has 0 aromatic heterocycles. The molecule has 134 valence electrons. The first-order valence-corrected chi connectivity index (χ1v) is 9.12. The van der Waals surface area contributed by atoms with Crippen LogP contribution in [0.3, 0.4) is 0 Å². The van der Waals surface area contributed by atoms with Crippen LogP contribution >= 0.6 is 0 Å². The lowest BCUT2D eigenvalue weighted by atomic mass is 10.1. The van der Waals surface area contributed by atoms with Gasteiger partial charge < -0.3 is 10.1 Å². The molecule has 2 atom stereocenters. The van der Waals surface area contributed by atoms with Crippen molar-refractivity contribution in [1.29, 1.82) is 0 Å². The lowest BCUT2D eigenvalue weighted by Gasteiger charge is -2.19. The van der Waals surface area contributed by atoms with Crippen molar-refractivity contribution >= 4 is 16.7 Å². The fourth-order valence-electron chi connectivity index (χ4n) is 3.00. The SMILES string of the molecule is C[C@@H](CCc1ccccc1)NC(=O)[C@@H](C)Oc1cccc2ccccc12. The number of hydrogen-bond acceptors (Lipinski definition) is 2. The molecule has 0 radical (unpaired) electrons. The lowest BCUT2D eigenvalue weighted by Crippen LogP contribution is -2.41. The summed E-state index contributed by atoms with van der Waals surface area (Å²) in [5.41, 5.74) is 1.29. The van der Waals surface area contributed by atoms with Crippen LogP contribution in [0.2, 0.25) is 0 Å². The van der Waals surface area contributed by atoms with Gasteiger partial charge in [0.25, 0.3) is 5.91 Å². The molecule has 0 heterocycles. The van der Waals surface area contributed by atoms with Crippen molar-refractivity contribution in [3.05, 3.63) is 78.4 Å². The largest absolute Gasteiger partial charge is 0.480 e. The molecule has 3 aromatic carbocycles. The third kappa shape index (κ3) is 4.63. The minimum absolute atomic E-state index is 0.0847. The number of aryl methyl sites for hydroxylation is 1. The smallest absolute Gasteiger partial charge is 0.260 e. The Morgan fingerprint density at radius 2 is 1.62 bits per heavy atom. The molecule has 0 bridgehead atoms. The zero-order valence-electron chi connectivity index (χ0n) is 15.3. The Balaban J connectivity index is 1.55. The highest BCUT2D eigenvalue weighted by Gasteiger charge is 2.17. The van der Waals surface area contributed by atoms with Crippen LogP contribution in [0.15, 0.2) is 72.8 Å². The number of amides is 1. The zero-order valence-corrected chi connectivity index (χ0v) is 15.3. The molecule has 26 heavy (non-hydrogen) atoms. The van der Waals surface area contributed by atoms with E-state index in [1.54, 1.807) is 6.92 Å². The normalized spacial score (nSPS) is 13.2. The van der Waals surface area contributed by atoms with Gasteiger partial charge in [-0.15, -0.1) is 0 Å². The molecule has 0 unspecified atom stereocenters. The van der Waals surface area contributed by atoms with Gasteiger partial charge in [0.1, 0.15) is 5.75 Å². The Hall–Kier alpha value is -2.81. The first-order valence-electron chi connectivity index (χ1n) is 9.12. The van der Waals surface area contributed by atoms with Crippen LogP contribution < -0.4 is 10.1 Å². The van der Waals surface area contributed by atoms with Gasteiger partial charge in [0, 0.05) is 11.4 Å². The highest BCUT2D eigenvalue weighted by Crippen LogP contribution is 2.26. The van der Waals surface area contributed by atoms with Gasteiger partial charge in [-0.05, 0) is 43.7 Å². The monoisotopic (exact) mass is 347 g/mol. The Kier molecular flexibility index (Phi) is 5.90. The van der Waals surface area contributed by atoms with E-state index in [1.807, 2.05) is 67.6 Å². The van der Waals surface area contributed by atoms with Gasteiger partial charge in [0.15, 0.2) is 6.10 Å². The first kappa shape index (κ1) is 18.0. The Bertz CT molecular complexity index is 855. The molecule has 3 aromatic rings. The number of nitrogens with one attached hydrogen (secondary N) is 1. The van der Waals surface area contributed by atoms with Gasteiger partial charge in [-0.1, -0.05) is 66.7 Å². The number of rotatable bonds is 7. The number of benzene rings is 3. The fourth-order valence-corrected chi connectivity index (χ4v) is 3.00. The Morgan fingerprint density at radius 1 is 0.923 bits per heavy atom. The van der Waals surface area contributed by atoms with E-state index >= 15 is 0 Å². The van der Waals surface area contributed by atoms with E-state index < -0.39 is 6.10 Å². The summed E-state index contributed by atoms with van der Waals surface area (Å²) in [7, 11) is 0. The van der Waals surface area contributed by atoms with Crippen LogP contribution in [0.1, 0.15) is 25.8 Å². The average Bonchev–Trinajstić information content (AvgIpc) is 2.67. The Morgan fingerprint density at radius 3 is 2.42 bits per heavy atom. The average molecular weight is 347 g/mol. The predicted molar refractivity (Wildman–Crippen MR) is 106 cm³/mol. The lowest BCUT2D eigenvalue weighted by molar-refractivity contribution is -0.127. The second-order valence-corrected chi connectivity index (χ2v) is 6.67. The van der Waals surface area contributed by atoms with Crippen molar-refractivity contribution < 1.29 is 9.53 Å². The maximum absolute atomic E-state index is 12.5. The molecule has 0 saturated heterocycles. The van der Waals surface area contributed by atoms with Gasteiger partial charge in [0.05, 0.1) is 0 Å². The molecule has 1 N–H and O–H groups in total. The molecule has 3 heteroatoms. The topological polar surface area (TPSA) is 38.3 Å². The molecule has 0 saturated carbocycles. The van der Waals surface area contributed by atoms with Crippen molar-refractivity contribution in [2.45, 2.75) is 38.8 Å². The summed E-state index contributed by atoms with van der Waals surface area (Å²) in [4.78, 5) is 12.5. The third-order valence-electron chi connectivity index (χ3n) is 4.52. The van der Waals surface area contributed by atoms with E-state index in [4.69, 9.17) is 4.74 Å². The van der Waals surface area contributed by atoms with Gasteiger partial charge in [-0.3, -0.25) is 4.79 Å². The standard InChI is InChI=1S/C23H25NO2/c1-17(15-16-19-9-4-3-5-10-19)24-23(25)18(2)26-22-14-8-12-20-11-6-7-13-21(20)22/h3-14,17-18H,15-16H2,1-2H3,(H,24,25)/t17-,18+/m0/s1. The minimum Gasteiger partial charge on any atom is -0.480 e. The molecular weight excluding hydrogens is 322 g/mol. The first-order chi connectivity index (χ1) is 12.6. The summed E-state index contributed by atoms with van der Waals surface area (Å²) in [6.07, 6.45) is 1.30. The highest BCUT2D eigenvalue weighted by molar-refractivity contribution is 5.89. The second-order valence-electron chi connectivity index (χ2n) is 6.67. The summed E-state index contributed by atoms with van der Waals surface area (Å²) >= 11 is 0. The quantitative estimate of drug-likeness (QED) is 0.670. The minimum atomic E-state index is -0.542. The predicted octanol–water partition coefficient (Wildman–Crippen LogP) is 4.74. The van der Waals surface area contributed by atoms with E-state index in [1.165, 1.54) is 5.56 Å². The van der Waals surface area contributed by atoms with Crippen LogP contribution in [0.25, 0.3) is 10.8 Å². The molecule has 0 aliphatic heterocycles. The number of hydrogen-bond donors (Lipinski definition) is 1. The summed E-state index contributed by atoms with van der Waals surface area (Å²) in [6.45, 7) is 3.83. The van der Waals surface area contributed by atoms with Crippen molar-refractivity contribution in [2.75, 3.05) is 0 Å². The summed E-state index contributed by atoms with van der Waals surface area (Å²) in [5, 5.41) is 5.18.